The molecule has 1 aromatic carbocycles. The van der Waals surface area contributed by atoms with Gasteiger partial charge in [-0.25, -0.2) is 4.79 Å². The summed E-state index contributed by atoms with van der Waals surface area (Å²) in [5.41, 5.74) is 0.382. The molecule has 8 heteroatoms. The highest BCUT2D eigenvalue weighted by Crippen LogP contribution is 2.42. The number of carbonyl (C=O) groups is 3. The van der Waals surface area contributed by atoms with E-state index in [-0.39, 0.29) is 12.5 Å². The Morgan fingerprint density at radius 2 is 2.22 bits per heavy atom. The molecule has 2 heterocycles. The molecule has 0 bridgehead atoms. The zero-order valence-corrected chi connectivity index (χ0v) is 15.6. The standard InChI is InChI=1S/C19H19N3O4S/c1-26-13-5-2-4-12(10-13)20-16(23)11-22-17(24)19(21-18(22)25)8-3-6-15-14(19)7-9-27-15/h2,4-5,7,9-10H,3,6,8,11H2,1H3,(H,20,23)(H,21,25)/t19-/m1/s1. The molecule has 0 unspecified atom stereocenters. The van der Waals surface area contributed by atoms with Gasteiger partial charge in [0.05, 0.1) is 7.11 Å². The van der Waals surface area contributed by atoms with Crippen molar-refractivity contribution >= 4 is 34.9 Å². The molecule has 7 nitrogen and oxygen atoms in total. The van der Waals surface area contributed by atoms with Crippen molar-refractivity contribution in [1.29, 1.82) is 0 Å². The predicted octanol–water partition coefficient (Wildman–Crippen LogP) is 2.48. The topological polar surface area (TPSA) is 87.7 Å². The third kappa shape index (κ3) is 2.95. The first-order valence-electron chi connectivity index (χ1n) is 8.68. The maximum Gasteiger partial charge on any atom is 0.325 e. The van der Waals surface area contributed by atoms with Gasteiger partial charge < -0.3 is 15.4 Å². The lowest BCUT2D eigenvalue weighted by atomic mass is 9.80. The fraction of sp³-hybridized carbons (Fsp3) is 0.316. The molecule has 1 saturated heterocycles. The number of hydrogen-bond acceptors (Lipinski definition) is 5. The Morgan fingerprint density at radius 1 is 1.37 bits per heavy atom. The number of nitrogens with one attached hydrogen (secondary N) is 2. The van der Waals surface area contributed by atoms with Crippen LogP contribution in [0.5, 0.6) is 5.75 Å². The van der Waals surface area contributed by atoms with E-state index in [1.165, 1.54) is 7.11 Å². The first-order chi connectivity index (χ1) is 13.0. The summed E-state index contributed by atoms with van der Waals surface area (Å²) in [7, 11) is 1.54. The Balaban J connectivity index is 1.51. The highest BCUT2D eigenvalue weighted by Gasteiger charge is 2.54. The van der Waals surface area contributed by atoms with Crippen LogP contribution in [0.25, 0.3) is 0 Å². The van der Waals surface area contributed by atoms with Crippen molar-refractivity contribution in [3.05, 3.63) is 46.2 Å². The van der Waals surface area contributed by atoms with Crippen LogP contribution in [-0.2, 0) is 21.5 Å². The Bertz CT molecular complexity index is 925. The second-order valence-electron chi connectivity index (χ2n) is 6.62. The number of thiophene rings is 1. The van der Waals surface area contributed by atoms with Crippen LogP contribution in [0.2, 0.25) is 0 Å². The van der Waals surface area contributed by atoms with Gasteiger partial charge in [0.15, 0.2) is 0 Å². The van der Waals surface area contributed by atoms with Crippen molar-refractivity contribution in [2.75, 3.05) is 19.0 Å². The van der Waals surface area contributed by atoms with Gasteiger partial charge >= 0.3 is 6.03 Å². The van der Waals surface area contributed by atoms with E-state index in [0.717, 1.165) is 28.2 Å². The maximum atomic E-state index is 13.1. The van der Waals surface area contributed by atoms with Gasteiger partial charge in [-0.1, -0.05) is 6.07 Å². The van der Waals surface area contributed by atoms with E-state index in [2.05, 4.69) is 10.6 Å². The van der Waals surface area contributed by atoms with Gasteiger partial charge in [0.25, 0.3) is 5.91 Å². The number of amides is 4. The lowest BCUT2D eigenvalue weighted by molar-refractivity contribution is -0.134. The minimum absolute atomic E-state index is 0.330. The molecule has 4 amide bonds. The number of rotatable bonds is 4. The molecule has 0 saturated carbocycles. The van der Waals surface area contributed by atoms with Crippen LogP contribution in [0, 0.1) is 0 Å². The van der Waals surface area contributed by atoms with Crippen LogP contribution in [-0.4, -0.2) is 36.4 Å². The Labute approximate surface area is 160 Å². The van der Waals surface area contributed by atoms with Gasteiger partial charge in [0, 0.05) is 22.2 Å². The number of benzene rings is 1. The number of anilines is 1. The summed E-state index contributed by atoms with van der Waals surface area (Å²) < 4.78 is 5.13. The van der Waals surface area contributed by atoms with Crippen LogP contribution < -0.4 is 15.4 Å². The van der Waals surface area contributed by atoms with Crippen LogP contribution in [0.1, 0.15) is 23.3 Å². The van der Waals surface area contributed by atoms with Crippen molar-refractivity contribution < 1.29 is 19.1 Å². The van der Waals surface area contributed by atoms with E-state index in [1.807, 2.05) is 11.4 Å². The number of methoxy groups -OCH3 is 1. The molecule has 1 aliphatic heterocycles. The molecule has 1 fully saturated rings. The van der Waals surface area contributed by atoms with E-state index in [9.17, 15) is 14.4 Å². The number of fused-ring (bicyclic) bond motifs is 2. The number of carbonyl (C=O) groups excluding carboxylic acids is 3. The third-order valence-electron chi connectivity index (χ3n) is 4.99. The zero-order chi connectivity index (χ0) is 19.0. The molecule has 0 radical (unpaired) electrons. The van der Waals surface area contributed by atoms with E-state index in [4.69, 9.17) is 4.74 Å². The molecule has 4 rings (SSSR count). The second-order valence-corrected chi connectivity index (χ2v) is 7.62. The summed E-state index contributed by atoms with van der Waals surface area (Å²) in [5.74, 6) is -0.188. The fourth-order valence-corrected chi connectivity index (χ4v) is 4.73. The first kappa shape index (κ1) is 17.5. The molecular weight excluding hydrogens is 366 g/mol. The van der Waals surface area contributed by atoms with Crippen molar-refractivity contribution in [1.82, 2.24) is 10.2 Å². The number of ether oxygens (including phenoxy) is 1. The lowest BCUT2D eigenvalue weighted by Crippen LogP contribution is -2.46. The summed E-state index contributed by atoms with van der Waals surface area (Å²) in [5, 5.41) is 7.48. The van der Waals surface area contributed by atoms with E-state index in [1.54, 1.807) is 35.6 Å². The molecule has 140 valence electrons. The largest absolute Gasteiger partial charge is 0.497 e. The van der Waals surface area contributed by atoms with Gasteiger partial charge in [-0.15, -0.1) is 11.3 Å². The van der Waals surface area contributed by atoms with E-state index < -0.39 is 17.5 Å². The highest BCUT2D eigenvalue weighted by molar-refractivity contribution is 7.10. The minimum atomic E-state index is -1.03. The average molecular weight is 385 g/mol. The van der Waals surface area contributed by atoms with E-state index in [0.29, 0.717) is 17.9 Å². The SMILES string of the molecule is COc1cccc(NC(=O)CN2C(=O)N[C@@]3(CCCc4sccc43)C2=O)c1. The van der Waals surface area contributed by atoms with Crippen LogP contribution >= 0.6 is 11.3 Å². The molecular formula is C19H19N3O4S. The number of imide groups is 1. The Morgan fingerprint density at radius 3 is 3.04 bits per heavy atom. The van der Waals surface area contributed by atoms with Crippen molar-refractivity contribution in [3.8, 4) is 5.75 Å². The quantitative estimate of drug-likeness (QED) is 0.792. The van der Waals surface area contributed by atoms with Crippen LogP contribution in [0.15, 0.2) is 35.7 Å². The third-order valence-corrected chi connectivity index (χ3v) is 5.97. The summed E-state index contributed by atoms with van der Waals surface area (Å²) >= 11 is 1.60. The number of aryl methyl sites for hydroxylation is 1. The van der Waals surface area contributed by atoms with Crippen molar-refractivity contribution in [2.24, 2.45) is 0 Å². The molecule has 1 aromatic heterocycles. The van der Waals surface area contributed by atoms with Gasteiger partial charge in [0.1, 0.15) is 17.8 Å². The smallest absolute Gasteiger partial charge is 0.325 e. The summed E-state index contributed by atoms with van der Waals surface area (Å²) in [6.45, 7) is -0.330. The van der Waals surface area contributed by atoms with Gasteiger partial charge in [-0.2, -0.15) is 0 Å². The zero-order valence-electron chi connectivity index (χ0n) is 14.8. The molecule has 1 spiro atoms. The van der Waals surface area contributed by atoms with Crippen LogP contribution in [0.4, 0.5) is 10.5 Å². The normalized spacial score (nSPS) is 21.1. The monoisotopic (exact) mass is 385 g/mol. The second kappa shape index (κ2) is 6.70. The molecule has 1 atom stereocenters. The van der Waals surface area contributed by atoms with E-state index >= 15 is 0 Å². The predicted molar refractivity (Wildman–Crippen MR) is 101 cm³/mol. The van der Waals surface area contributed by atoms with Gasteiger partial charge in [-0.05, 0) is 42.8 Å². The number of nitrogens with zero attached hydrogens (tertiary/aromatic N) is 1. The fourth-order valence-electron chi connectivity index (χ4n) is 3.73. The molecule has 2 aliphatic rings. The lowest BCUT2D eigenvalue weighted by Gasteiger charge is -2.31. The van der Waals surface area contributed by atoms with Gasteiger partial charge in [0.2, 0.25) is 5.91 Å². The molecule has 27 heavy (non-hydrogen) atoms. The number of hydrogen-bond donors (Lipinski definition) is 2. The first-order valence-corrected chi connectivity index (χ1v) is 9.56. The molecule has 1 aliphatic carbocycles. The Kier molecular flexibility index (Phi) is 4.35. The summed E-state index contributed by atoms with van der Waals surface area (Å²) in [6, 6.07) is 8.27. The highest BCUT2D eigenvalue weighted by atomic mass is 32.1. The Hall–Kier alpha value is -2.87. The van der Waals surface area contributed by atoms with Crippen molar-refractivity contribution in [2.45, 2.75) is 24.8 Å². The van der Waals surface area contributed by atoms with Gasteiger partial charge in [-0.3, -0.25) is 14.5 Å². The summed E-state index contributed by atoms with van der Waals surface area (Å²) in [4.78, 5) is 40.1. The molecule has 2 N–H and O–H groups in total. The summed E-state index contributed by atoms with van der Waals surface area (Å²) in [6.07, 6.45) is 2.28. The average Bonchev–Trinajstić information content (AvgIpc) is 3.23. The van der Waals surface area contributed by atoms with Crippen molar-refractivity contribution in [3.63, 3.8) is 0 Å². The van der Waals surface area contributed by atoms with Crippen LogP contribution in [0.3, 0.4) is 0 Å². The molecule has 2 aromatic rings. The minimum Gasteiger partial charge on any atom is -0.497 e. The number of urea groups is 1. The maximum absolute atomic E-state index is 13.1.